The van der Waals surface area contributed by atoms with Crippen LogP contribution in [-0.2, 0) is 4.79 Å². The molecule has 3 heteroatoms. The summed E-state index contributed by atoms with van der Waals surface area (Å²) in [4.78, 5) is 13.4. The highest BCUT2D eigenvalue weighted by Gasteiger charge is 2.00. The fourth-order valence-corrected chi connectivity index (χ4v) is 1.90. The van der Waals surface area contributed by atoms with Gasteiger partial charge in [-0.05, 0) is 40.4 Å². The van der Waals surface area contributed by atoms with Gasteiger partial charge in [-0.2, -0.15) is 0 Å². The van der Waals surface area contributed by atoms with E-state index < -0.39 is 5.97 Å². The van der Waals surface area contributed by atoms with Gasteiger partial charge in [0.05, 0.1) is 0 Å². The third-order valence-corrected chi connectivity index (χ3v) is 2.83. The third-order valence-electron chi connectivity index (χ3n) is 2.57. The number of hydrogen-bond acceptors (Lipinski definition) is 2. The fraction of sp³-hybridized carbons (Fsp3) is 0. The van der Waals surface area contributed by atoms with E-state index in [1.54, 1.807) is 23.2 Å². The minimum absolute atomic E-state index is 0.391. The fourth-order valence-electron chi connectivity index (χ4n) is 1.60. The van der Waals surface area contributed by atoms with E-state index in [0.717, 1.165) is 11.1 Å². The second-order valence-electron chi connectivity index (χ2n) is 4.03. The maximum Gasteiger partial charge on any atom is 0.336 e. The topological polar surface area (TPSA) is 26.3 Å². The number of esters is 1. The largest absolute Gasteiger partial charge is 0.423 e. The quantitative estimate of drug-likeness (QED) is 0.463. The standard InChI is InChI=1S/C17H13BrO2/c18-13-12-15-6-9-16(10-7-15)20-17(19)11-8-14-4-2-1-3-5-14/h1-13H/b11-8?,13-12+. The average Bonchev–Trinajstić information content (AvgIpc) is 2.49. The highest BCUT2D eigenvalue weighted by molar-refractivity contribution is 9.11. The molecule has 0 unspecified atom stereocenters. The summed E-state index contributed by atoms with van der Waals surface area (Å²) in [5, 5.41) is 0. The molecule has 2 aromatic carbocycles. The minimum Gasteiger partial charge on any atom is -0.423 e. The van der Waals surface area contributed by atoms with Crippen molar-refractivity contribution in [1.29, 1.82) is 0 Å². The van der Waals surface area contributed by atoms with Gasteiger partial charge in [0.1, 0.15) is 5.75 Å². The molecular weight excluding hydrogens is 316 g/mol. The van der Waals surface area contributed by atoms with E-state index in [1.165, 1.54) is 6.08 Å². The van der Waals surface area contributed by atoms with Crippen molar-refractivity contribution in [2.24, 2.45) is 0 Å². The normalized spacial score (nSPS) is 11.1. The first kappa shape index (κ1) is 14.3. The van der Waals surface area contributed by atoms with Crippen LogP contribution in [0.1, 0.15) is 11.1 Å². The van der Waals surface area contributed by atoms with Crippen molar-refractivity contribution >= 4 is 34.1 Å². The number of hydrogen-bond donors (Lipinski definition) is 0. The van der Waals surface area contributed by atoms with E-state index in [9.17, 15) is 4.79 Å². The Morgan fingerprint density at radius 3 is 2.20 bits per heavy atom. The van der Waals surface area contributed by atoms with Gasteiger partial charge in [0, 0.05) is 6.08 Å². The van der Waals surface area contributed by atoms with Crippen LogP contribution in [0.3, 0.4) is 0 Å². The summed E-state index contributed by atoms with van der Waals surface area (Å²) in [7, 11) is 0. The van der Waals surface area contributed by atoms with Crippen molar-refractivity contribution in [2.75, 3.05) is 0 Å². The molecule has 0 amide bonds. The summed E-state index contributed by atoms with van der Waals surface area (Å²) in [6.07, 6.45) is 5.05. The smallest absolute Gasteiger partial charge is 0.336 e. The Morgan fingerprint density at radius 2 is 1.55 bits per heavy atom. The first-order chi connectivity index (χ1) is 9.78. The molecule has 0 saturated heterocycles. The molecule has 2 rings (SSSR count). The van der Waals surface area contributed by atoms with Crippen LogP contribution >= 0.6 is 15.9 Å². The van der Waals surface area contributed by atoms with E-state index in [2.05, 4.69) is 15.9 Å². The summed E-state index contributed by atoms with van der Waals surface area (Å²) in [5.74, 6) is 0.136. The zero-order chi connectivity index (χ0) is 14.2. The molecule has 0 heterocycles. The van der Waals surface area contributed by atoms with Crippen molar-refractivity contribution in [2.45, 2.75) is 0 Å². The molecular formula is C17H13BrO2. The summed E-state index contributed by atoms with van der Waals surface area (Å²) in [5.41, 5.74) is 1.99. The molecule has 0 saturated carbocycles. The van der Waals surface area contributed by atoms with Gasteiger partial charge in [-0.25, -0.2) is 4.79 Å². The number of carbonyl (C=O) groups is 1. The van der Waals surface area contributed by atoms with Crippen LogP contribution in [0.25, 0.3) is 12.2 Å². The molecule has 0 aromatic heterocycles. The zero-order valence-corrected chi connectivity index (χ0v) is 12.3. The van der Waals surface area contributed by atoms with Crippen molar-refractivity contribution < 1.29 is 9.53 Å². The molecule has 0 atom stereocenters. The lowest BCUT2D eigenvalue weighted by Gasteiger charge is -2.01. The monoisotopic (exact) mass is 328 g/mol. The van der Waals surface area contributed by atoms with Crippen molar-refractivity contribution in [3.05, 3.63) is 76.8 Å². The molecule has 2 nitrogen and oxygen atoms in total. The third kappa shape index (κ3) is 4.52. The lowest BCUT2D eigenvalue weighted by atomic mass is 10.2. The van der Waals surface area contributed by atoms with E-state index in [0.29, 0.717) is 5.75 Å². The Labute approximate surface area is 126 Å². The molecule has 100 valence electrons. The van der Waals surface area contributed by atoms with Crippen LogP contribution in [-0.4, -0.2) is 5.97 Å². The van der Waals surface area contributed by atoms with Gasteiger partial charge in [-0.1, -0.05) is 58.4 Å². The van der Waals surface area contributed by atoms with Crippen LogP contribution in [0.2, 0.25) is 0 Å². The van der Waals surface area contributed by atoms with Gasteiger partial charge < -0.3 is 4.74 Å². The maximum absolute atomic E-state index is 11.7. The molecule has 0 fully saturated rings. The molecule has 20 heavy (non-hydrogen) atoms. The van der Waals surface area contributed by atoms with Crippen molar-refractivity contribution in [1.82, 2.24) is 0 Å². The second kappa shape index (κ2) is 7.46. The number of carbonyl (C=O) groups excluding carboxylic acids is 1. The van der Waals surface area contributed by atoms with Gasteiger partial charge >= 0.3 is 5.97 Å². The van der Waals surface area contributed by atoms with Gasteiger partial charge in [0.2, 0.25) is 0 Å². The van der Waals surface area contributed by atoms with Crippen LogP contribution in [0.5, 0.6) is 5.75 Å². The summed E-state index contributed by atoms with van der Waals surface area (Å²) in [6.45, 7) is 0. The van der Waals surface area contributed by atoms with Crippen LogP contribution in [0.15, 0.2) is 65.7 Å². The van der Waals surface area contributed by atoms with Crippen LogP contribution in [0.4, 0.5) is 0 Å². The summed E-state index contributed by atoms with van der Waals surface area (Å²) >= 11 is 3.21. The van der Waals surface area contributed by atoms with Crippen molar-refractivity contribution in [3.63, 3.8) is 0 Å². The molecule has 0 aliphatic carbocycles. The van der Waals surface area contributed by atoms with E-state index >= 15 is 0 Å². The Balaban J connectivity index is 1.96. The SMILES string of the molecule is O=C(C=Cc1ccccc1)Oc1ccc(/C=C/Br)cc1. The number of ether oxygens (including phenoxy) is 1. The van der Waals surface area contributed by atoms with Gasteiger partial charge in [-0.15, -0.1) is 0 Å². The summed E-state index contributed by atoms with van der Waals surface area (Å²) < 4.78 is 5.21. The molecule has 0 bridgehead atoms. The van der Waals surface area contributed by atoms with Crippen LogP contribution in [0, 0.1) is 0 Å². The minimum atomic E-state index is -0.391. The lowest BCUT2D eigenvalue weighted by Crippen LogP contribution is -2.03. The van der Waals surface area contributed by atoms with Gasteiger partial charge in [0.15, 0.2) is 0 Å². The Morgan fingerprint density at radius 1 is 0.900 bits per heavy atom. The number of rotatable bonds is 4. The second-order valence-corrected chi connectivity index (χ2v) is 4.56. The molecule has 0 spiro atoms. The Kier molecular flexibility index (Phi) is 5.33. The first-order valence-corrected chi connectivity index (χ1v) is 7.01. The van der Waals surface area contributed by atoms with E-state index in [-0.39, 0.29) is 0 Å². The first-order valence-electron chi connectivity index (χ1n) is 6.10. The summed E-state index contributed by atoms with van der Waals surface area (Å²) in [6, 6.07) is 16.9. The van der Waals surface area contributed by atoms with Crippen LogP contribution < -0.4 is 4.74 Å². The molecule has 2 aromatic rings. The highest BCUT2D eigenvalue weighted by Crippen LogP contribution is 2.14. The molecule has 0 radical (unpaired) electrons. The molecule has 0 N–H and O–H groups in total. The van der Waals surface area contributed by atoms with Crippen molar-refractivity contribution in [3.8, 4) is 5.75 Å². The Bertz CT molecular complexity index is 613. The number of benzene rings is 2. The molecule has 0 aliphatic heterocycles. The molecule has 0 aliphatic rings. The Hall–Kier alpha value is -2.13. The average molecular weight is 329 g/mol. The maximum atomic E-state index is 11.7. The van der Waals surface area contributed by atoms with E-state index in [1.807, 2.05) is 48.5 Å². The highest BCUT2D eigenvalue weighted by atomic mass is 79.9. The predicted octanol–water partition coefficient (Wildman–Crippen LogP) is 4.67. The zero-order valence-electron chi connectivity index (χ0n) is 10.7. The predicted molar refractivity (Wildman–Crippen MR) is 85.5 cm³/mol. The lowest BCUT2D eigenvalue weighted by molar-refractivity contribution is -0.128. The van der Waals surface area contributed by atoms with Gasteiger partial charge in [0.25, 0.3) is 0 Å². The number of halogens is 1. The van der Waals surface area contributed by atoms with Gasteiger partial charge in [-0.3, -0.25) is 0 Å². The van der Waals surface area contributed by atoms with E-state index in [4.69, 9.17) is 4.74 Å².